The van der Waals surface area contributed by atoms with Crippen molar-refractivity contribution in [2.75, 3.05) is 18.1 Å². The Morgan fingerprint density at radius 3 is 1.23 bits per heavy atom. The Labute approximate surface area is 605 Å². The van der Waals surface area contributed by atoms with Gasteiger partial charge in [-0.25, -0.2) is 9.97 Å². The number of carboxylic acid groups (broad SMARTS) is 2. The van der Waals surface area contributed by atoms with E-state index in [-0.39, 0.29) is 42.9 Å². The van der Waals surface area contributed by atoms with Crippen LogP contribution in [-0.4, -0.2) is 233 Å². The lowest BCUT2D eigenvalue weighted by atomic mass is 9.96. The van der Waals surface area contributed by atoms with E-state index in [2.05, 4.69) is 94.4 Å². The van der Waals surface area contributed by atoms with E-state index < -0.39 is 234 Å². The molecule has 40 nitrogen and oxygen atoms in total. The van der Waals surface area contributed by atoms with Gasteiger partial charge >= 0.3 is 11.9 Å². The highest BCUT2D eigenvalue weighted by Crippen LogP contribution is 2.24. The Morgan fingerprint density at radius 2 is 0.856 bits per heavy atom. The van der Waals surface area contributed by atoms with E-state index >= 15 is 0 Å². The van der Waals surface area contributed by atoms with Crippen LogP contribution in [0.25, 0.3) is 0 Å². The van der Waals surface area contributed by atoms with E-state index in [0.29, 0.717) is 5.69 Å². The largest absolute Gasteiger partial charge is 0.481 e. The number of carbonyl (C=O) groups is 18. The molecule has 1 aliphatic heterocycles. The fourth-order valence-corrected chi connectivity index (χ4v) is 12.2. The van der Waals surface area contributed by atoms with Crippen molar-refractivity contribution in [1.82, 2.24) is 94.4 Å². The summed E-state index contributed by atoms with van der Waals surface area (Å²) in [4.78, 5) is 258. The Bertz CT molecular complexity index is 3400. The summed E-state index contributed by atoms with van der Waals surface area (Å²) < 4.78 is 0. The number of amides is 16. The van der Waals surface area contributed by atoms with Crippen LogP contribution in [0.5, 0.6) is 0 Å². The van der Waals surface area contributed by atoms with E-state index in [1.54, 1.807) is 20.8 Å². The molecule has 0 bridgehead atoms. The second kappa shape index (κ2) is 42.9. The maximum atomic E-state index is 14.2. The number of nitrogens with zero attached hydrogens (tertiary/aromatic N) is 2. The van der Waals surface area contributed by atoms with Crippen molar-refractivity contribution in [2.45, 2.75) is 200 Å². The average Bonchev–Trinajstić information content (AvgIpc) is 0.933. The molecule has 2 aromatic rings. The van der Waals surface area contributed by atoms with E-state index in [1.807, 2.05) is 0 Å². The number of primary amides is 2. The fourth-order valence-electron chi connectivity index (χ4n) is 9.84. The van der Waals surface area contributed by atoms with Gasteiger partial charge in [-0.1, -0.05) is 89.8 Å². The standard InChI is InChI=1S/C62H96N20O20S2/c1-12-28(7)48-61(101)75-37(16-42(63)84)53(93)67-21-43(85)73-35(14-33-19-65-24-68-33)54(94)70-30(9)51(91)79-46(26(3)4)59(99)77-39(18-45(88)89)57(97)82-49(29(8)13-2)62(102)78-40(50(64)90)22-103-104-23-41(72-32(11)83)58(98)74-36(15-34-20-66-25-69-34)55(95)71-31(10)52(92)80-47(27(5)6)60(100)76-38(17-44(86)87)56(96)81-48/h19-20,24-31,35-41,46-49H,12-18,21-23H2,1-11H3,(H2,63,84)(H2,64,90)(H,65,68)(H,66,69)(H,67,93)(H,70,94)(H,71,95)(H,72,83)(H,73,85)(H,74,98)(H,75,101)(H,76,100)(H,77,99)(H,78,102)(H,79,91)(H,80,92)(H,81,96)(H,82,97)(H,86,87)(H,88,89)/t28-,29-,30-,31-,35-,36-,37-,38-,39-,40-,41-,46-,47-,48-,49-/m0/s1. The summed E-state index contributed by atoms with van der Waals surface area (Å²) in [5.41, 5.74) is 11.8. The highest BCUT2D eigenvalue weighted by atomic mass is 33.1. The van der Waals surface area contributed by atoms with E-state index in [1.165, 1.54) is 73.5 Å². The summed E-state index contributed by atoms with van der Waals surface area (Å²) in [5.74, 6) is -23.7. The molecule has 3 heterocycles. The van der Waals surface area contributed by atoms with E-state index in [0.717, 1.165) is 28.5 Å². The number of carbonyl (C=O) groups excluding carboxylic acids is 16. The summed E-state index contributed by atoms with van der Waals surface area (Å²) in [6, 6.07) is -20.9. The van der Waals surface area contributed by atoms with Gasteiger partial charge in [-0.2, -0.15) is 0 Å². The number of hydrogen-bond donors (Lipinski definition) is 20. The predicted octanol–water partition coefficient (Wildman–Crippen LogP) is -6.49. The third-order valence-electron chi connectivity index (χ3n) is 16.2. The highest BCUT2D eigenvalue weighted by molar-refractivity contribution is 8.76. The number of hydrogen-bond acceptors (Lipinski definition) is 22. The summed E-state index contributed by atoms with van der Waals surface area (Å²) in [6.07, 6.45) is 1.87. The molecular formula is C62H96N20O20S2. The average molecular weight is 1510 g/mol. The monoisotopic (exact) mass is 1500 g/mol. The van der Waals surface area contributed by atoms with Gasteiger partial charge in [0.25, 0.3) is 0 Å². The van der Waals surface area contributed by atoms with Crippen LogP contribution in [-0.2, 0) is 99.1 Å². The minimum atomic E-state index is -1.96. The molecule has 0 aliphatic carbocycles. The maximum Gasteiger partial charge on any atom is 0.305 e. The van der Waals surface area contributed by atoms with Crippen molar-refractivity contribution in [2.24, 2.45) is 35.1 Å². The van der Waals surface area contributed by atoms with Crippen molar-refractivity contribution in [3.63, 3.8) is 0 Å². The minimum Gasteiger partial charge on any atom is -0.481 e. The summed E-state index contributed by atoms with van der Waals surface area (Å²) >= 11 is 0. The first-order chi connectivity index (χ1) is 48.8. The molecule has 0 spiro atoms. The van der Waals surface area contributed by atoms with Crippen molar-refractivity contribution in [1.29, 1.82) is 0 Å². The van der Waals surface area contributed by atoms with E-state index in [9.17, 15) is 96.5 Å². The number of imidazole rings is 2. The molecular weight excluding hydrogens is 1410 g/mol. The molecule has 0 unspecified atom stereocenters. The molecule has 22 N–H and O–H groups in total. The van der Waals surface area contributed by atoms with Gasteiger partial charge in [-0.3, -0.25) is 86.3 Å². The van der Waals surface area contributed by atoms with Gasteiger partial charge in [0.1, 0.15) is 78.5 Å². The zero-order valence-corrected chi connectivity index (χ0v) is 60.9. The van der Waals surface area contributed by atoms with Crippen LogP contribution in [0.15, 0.2) is 25.0 Å². The molecule has 576 valence electrons. The Hall–Kier alpha value is -10.4. The van der Waals surface area contributed by atoms with Crippen molar-refractivity contribution < 1.29 is 96.5 Å². The number of aliphatic carboxylic acids is 2. The second-order valence-corrected chi connectivity index (χ2v) is 28.0. The van der Waals surface area contributed by atoms with Crippen molar-refractivity contribution in [3.8, 4) is 0 Å². The molecule has 0 aromatic carbocycles. The highest BCUT2D eigenvalue weighted by Gasteiger charge is 2.40. The predicted molar refractivity (Wildman–Crippen MR) is 371 cm³/mol. The first kappa shape index (κ1) is 87.8. The van der Waals surface area contributed by atoms with Crippen molar-refractivity contribution >= 4 is 128 Å². The van der Waals surface area contributed by atoms with Gasteiger partial charge < -0.3 is 106 Å². The molecule has 16 amide bonds. The molecule has 104 heavy (non-hydrogen) atoms. The maximum absolute atomic E-state index is 14.2. The third kappa shape index (κ3) is 29.5. The molecule has 1 saturated heterocycles. The summed E-state index contributed by atoms with van der Waals surface area (Å²) in [5, 5.41) is 53.5. The zero-order chi connectivity index (χ0) is 78.4. The lowest BCUT2D eigenvalue weighted by Gasteiger charge is -2.29. The van der Waals surface area contributed by atoms with Gasteiger partial charge in [-0.05, 0) is 37.5 Å². The Morgan fingerprint density at radius 1 is 0.481 bits per heavy atom. The molecule has 0 radical (unpaired) electrons. The normalized spacial score (nSPS) is 26.2. The number of aromatic nitrogens is 4. The smallest absolute Gasteiger partial charge is 0.305 e. The van der Waals surface area contributed by atoms with Crippen LogP contribution < -0.4 is 85.9 Å². The van der Waals surface area contributed by atoms with Crippen LogP contribution in [0.4, 0.5) is 0 Å². The molecule has 3 rings (SSSR count). The molecule has 2 aromatic heterocycles. The lowest BCUT2D eigenvalue weighted by Crippen LogP contribution is -2.61. The third-order valence-corrected chi connectivity index (χ3v) is 18.6. The number of nitrogens with one attached hydrogen (secondary N) is 16. The van der Waals surface area contributed by atoms with Crippen LogP contribution >= 0.6 is 21.6 Å². The SMILES string of the molecule is CC[C@H](C)[C@@H]1NC(=O)[C@H](CC(=O)O)NC(=O)[C@H](C(C)C)NC(=O)[C@H](C)NC(=O)[C@H](Cc2cnc[nH]2)NC(=O)CNC(=O)[C@H](CC(N)=O)NC(=O)[C@H]([C@@H](C)CC)NC(=O)[C@H](CC(=O)O)NC(=O)[C@H](C(C)C)NC(=O)[C@H](C)NC(=O)[C@H](Cc2cnc[nH]2)NC(=O)[C@@H](NC(C)=O)CSSC[C@@H](C(N)=O)NC1=O. The van der Waals surface area contributed by atoms with Crippen LogP contribution in [0.2, 0.25) is 0 Å². The van der Waals surface area contributed by atoms with Gasteiger partial charge in [0.2, 0.25) is 94.5 Å². The van der Waals surface area contributed by atoms with Gasteiger partial charge in [0.05, 0.1) is 38.5 Å². The fraction of sp³-hybridized carbons (Fsp3) is 0.613. The number of nitrogens with two attached hydrogens (primary N) is 2. The number of H-pyrrole nitrogens is 2. The summed E-state index contributed by atoms with van der Waals surface area (Å²) in [7, 11) is 1.81. The van der Waals surface area contributed by atoms with Crippen LogP contribution in [0, 0.1) is 23.7 Å². The van der Waals surface area contributed by atoms with Gasteiger partial charge in [0, 0.05) is 55.1 Å². The molecule has 15 atom stereocenters. The lowest BCUT2D eigenvalue weighted by molar-refractivity contribution is -0.142. The molecule has 1 fully saturated rings. The molecule has 42 heteroatoms. The summed E-state index contributed by atoms with van der Waals surface area (Å²) in [6.45, 7) is 14.8. The van der Waals surface area contributed by atoms with Crippen LogP contribution in [0.3, 0.4) is 0 Å². The molecule has 0 saturated carbocycles. The number of rotatable bonds is 18. The quantitative estimate of drug-likeness (QED) is 0.0617. The first-order valence-electron chi connectivity index (χ1n) is 33.2. The van der Waals surface area contributed by atoms with Crippen molar-refractivity contribution in [3.05, 3.63) is 36.4 Å². The van der Waals surface area contributed by atoms with Crippen LogP contribution in [0.1, 0.15) is 120 Å². The van der Waals surface area contributed by atoms with E-state index in [4.69, 9.17) is 11.5 Å². The van der Waals surface area contributed by atoms with Gasteiger partial charge in [-0.15, -0.1) is 0 Å². The second-order valence-electron chi connectivity index (χ2n) is 25.5. The topological polar surface area (TPSA) is 626 Å². The minimum absolute atomic E-state index is 0.137. The first-order valence-corrected chi connectivity index (χ1v) is 35.6. The van der Waals surface area contributed by atoms with Gasteiger partial charge in [0.15, 0.2) is 0 Å². The Balaban J connectivity index is 2.13. The Kier molecular flexibility index (Phi) is 36.2. The number of carboxylic acids is 2. The zero-order valence-electron chi connectivity index (χ0n) is 59.3. The number of aromatic amines is 2. The molecule has 1 aliphatic rings.